The van der Waals surface area contributed by atoms with E-state index in [0.717, 1.165) is 103 Å². The molecule has 16 rings (SSSR count). The lowest BCUT2D eigenvalue weighted by Gasteiger charge is -2.61. The van der Waals surface area contributed by atoms with E-state index in [9.17, 15) is 138 Å². The molecule has 0 radical (unpaired) electrons. The third kappa shape index (κ3) is 23.7. The number of aliphatic hydroxyl groups is 27. The summed E-state index contributed by atoms with van der Waals surface area (Å²) in [7, 11) is 0. The summed E-state index contributed by atoms with van der Waals surface area (Å²) in [6, 6.07) is 0. The van der Waals surface area contributed by atoms with Crippen LogP contribution in [-0.2, 0) is 71.2 Å². The van der Waals surface area contributed by atoms with Crippen LogP contribution in [0.2, 0.25) is 0 Å². The largest absolute Gasteiger partial charge is 0.396 e. The van der Waals surface area contributed by atoms with Crippen molar-refractivity contribution < 1.29 is 209 Å². The highest BCUT2D eigenvalue weighted by Crippen LogP contribution is 2.71. The highest BCUT2D eigenvalue weighted by molar-refractivity contribution is 5.76. The summed E-state index contributed by atoms with van der Waals surface area (Å²) in [5, 5.41) is 301. The molecular weight excluding hydrogens is 1960 g/mol. The van der Waals surface area contributed by atoms with Gasteiger partial charge in [-0.05, 0) is 240 Å². The van der Waals surface area contributed by atoms with E-state index >= 15 is 9.59 Å². The Morgan fingerprint density at radius 1 is 0.315 bits per heavy atom. The number of fused-ring (bicyclic) bond motifs is 10. The van der Waals surface area contributed by atoms with Gasteiger partial charge in [0.05, 0.1) is 107 Å². The second kappa shape index (κ2) is 49.5. The van der Waals surface area contributed by atoms with Gasteiger partial charge >= 0.3 is 0 Å². The van der Waals surface area contributed by atoms with E-state index in [2.05, 4.69) is 52.2 Å². The molecule has 860 valence electrons. The number of hydrogen-bond donors (Lipinski definition) is 29. The Balaban J connectivity index is 0.588. The third-order valence-corrected chi connectivity index (χ3v) is 41.3. The number of ether oxygens (including phenoxy) is 13. The Hall–Kier alpha value is -2.66. The van der Waals surface area contributed by atoms with Crippen LogP contribution in [-0.4, -0.2) is 462 Å². The second-order valence-corrected chi connectivity index (χ2v) is 49.4. The average Bonchev–Trinajstić information content (AvgIpc) is 1.65. The van der Waals surface area contributed by atoms with Crippen molar-refractivity contribution in [2.24, 2.45) is 122 Å². The van der Waals surface area contributed by atoms with E-state index in [0.29, 0.717) is 73.5 Å². The molecule has 16 fully saturated rings. The zero-order chi connectivity index (χ0) is 108. The minimum absolute atomic E-state index is 0.00498. The first kappa shape index (κ1) is 119. The van der Waals surface area contributed by atoms with Crippen LogP contribution >= 0.6 is 0 Å². The molecule has 16 aliphatic rings. The van der Waals surface area contributed by atoms with Gasteiger partial charge in [-0.3, -0.25) is 9.59 Å². The number of nitrogens with one attached hydrogen (secondary N) is 2. The van der Waals surface area contributed by atoms with E-state index in [4.69, 9.17) is 61.6 Å². The molecule has 0 aromatic rings. The maximum atomic E-state index is 15.1. The lowest BCUT2D eigenvalue weighted by atomic mass is 9.44. The predicted octanol–water partition coefficient (Wildman–Crippen LogP) is -5.08. The van der Waals surface area contributed by atoms with Crippen LogP contribution < -0.4 is 10.6 Å². The molecule has 149 heavy (non-hydrogen) atoms. The molecule has 5 saturated heterocycles. The maximum absolute atomic E-state index is 15.1. The molecule has 0 aromatic carbocycles. The van der Waals surface area contributed by atoms with Gasteiger partial charge in [0.2, 0.25) is 11.8 Å². The molecular formula is C105H178N2O42. The number of carbonyl (C=O) groups is 2. The first-order chi connectivity index (χ1) is 70.8. The van der Waals surface area contributed by atoms with Gasteiger partial charge in [0, 0.05) is 69.4 Å². The zero-order valence-electron chi connectivity index (χ0n) is 87.0. The number of aliphatic hydroxyl groups excluding tert-OH is 27. The van der Waals surface area contributed by atoms with Gasteiger partial charge in [-0.1, -0.05) is 48.5 Å². The fraction of sp³-hybridized carbons (Fsp3) is 0.981. The topological polar surface area (TPSA) is 724 Å². The van der Waals surface area contributed by atoms with Crippen molar-refractivity contribution in [3.63, 3.8) is 0 Å². The molecule has 0 bridgehead atoms. The van der Waals surface area contributed by atoms with Gasteiger partial charge in [0.15, 0.2) is 31.5 Å². The van der Waals surface area contributed by atoms with Crippen molar-refractivity contribution in [3.8, 4) is 0 Å². The smallest absolute Gasteiger partial charge is 0.220 e. The second-order valence-electron chi connectivity index (χ2n) is 49.4. The van der Waals surface area contributed by atoms with Crippen molar-refractivity contribution in [1.29, 1.82) is 0 Å². The third-order valence-electron chi connectivity index (χ3n) is 41.3. The standard InChI is InChI=1S/C105H178N2O42/c1-45(57-14-16-59-55-12-10-51-31-53(20-24-101(51,4)61(55)22-26-103(57,59)6)139-63-30-50(35-110)92(73(118)47(63)3)141-64-28-48(33-108)74(119)80(125)76(64)121)8-18-71(116)106-41-105(43-137-96-89(134)84(129)93(68(38-113)145-96)142-65-29-49(34-109)75(120)81(126)77(65)122,44-138-97-90(135)85(130)94(69(39-114)146-97)148-99-87(132)82(127)78(123)66(36-111)143-99)42-107-72(117)19-9-46(2)58-15-17-60-56-13-11-52-32-54(21-25-102(52,5)62(56)23-27-104(58,60)7)140-98-91(136)86(131)95(70(40-115)147-98)149-100-88(133)83(128)79(124)67(37-112)144-100/h45-70,73-100,108-115,118-136H,8-44H2,1-7H3,(H,106,116)(H,107,117)/t45?,46?,47?,48?,49?,50?,51?,52?,53?,54?,55?,56?,57?,58?,59?,60?,61?,62?,63-,64+,65+,66?,67?,68?,69?,70?,73-,74-,75-,76?,77?,78+,79+,80+,81+,82?,83?,84-,85?,86?,87-,88-,89?,90-,91-,92-,93-,94+,95+,96-,97+,98+,99?,100+,101?,102?,103?,104?,105?/m1/s1. The van der Waals surface area contributed by atoms with Crippen LogP contribution in [0.3, 0.4) is 0 Å². The molecule has 2 amide bonds. The Bertz CT molecular complexity index is 3960. The van der Waals surface area contributed by atoms with Crippen molar-refractivity contribution in [2.45, 2.75) is 442 Å². The maximum Gasteiger partial charge on any atom is 0.220 e. The van der Waals surface area contributed by atoms with Gasteiger partial charge in [-0.15, -0.1) is 0 Å². The summed E-state index contributed by atoms with van der Waals surface area (Å²) in [5.74, 6) is 0.146. The van der Waals surface area contributed by atoms with Crippen molar-refractivity contribution in [1.82, 2.24) is 10.6 Å². The SMILES string of the molecule is CC(CCC(=O)NCC(CNC(=O)CCC(C)C1CCC2C3CCC4CC(O[C@@H]5CC(CO)[C@@H](O[C@H]6CC(CO)[C@@H](O)[C@H](O)C6O)[C@H](O)C5C)CCC4(C)C3CCC12C)(CO[C@@H]1OC(CO)[C@@H](O[C@H]2CC(CO)[C@@H](O)[C@H](O)C2O)[C@H](O)C1O)CO[C@H]1OC(CO)[C@H](OC2OC(CO)[C@H](O)C(O)[C@H]2O)C(O)[C@H]1O)C1CCC2C3CCC4CC(O[C@H]5OC(CO)[C@H](O[C@@H]6OC(CO)[C@H](O)C(O)[C@H]6O)C(O)[C@H]5O)CCC4(C)C3CCC12C. The van der Waals surface area contributed by atoms with Gasteiger partial charge in [0.25, 0.3) is 0 Å². The number of rotatable bonds is 38. The van der Waals surface area contributed by atoms with Crippen LogP contribution in [0, 0.1) is 122 Å². The van der Waals surface area contributed by atoms with Gasteiger partial charge in [-0.2, -0.15) is 0 Å². The van der Waals surface area contributed by atoms with Crippen LogP contribution in [0.15, 0.2) is 0 Å². The summed E-state index contributed by atoms with van der Waals surface area (Å²) in [6.45, 7) is 8.30. The summed E-state index contributed by atoms with van der Waals surface area (Å²) in [4.78, 5) is 30.2. The molecule has 0 spiro atoms. The molecule has 5 aliphatic heterocycles. The first-order valence-electron chi connectivity index (χ1n) is 55.6. The minimum Gasteiger partial charge on any atom is -0.396 e. The number of amides is 2. The van der Waals surface area contributed by atoms with E-state index in [1.807, 2.05) is 6.92 Å². The van der Waals surface area contributed by atoms with Crippen LogP contribution in [0.4, 0.5) is 0 Å². The number of hydrogen-bond acceptors (Lipinski definition) is 42. The number of carbonyl (C=O) groups excluding carboxylic acids is 2. The molecule has 59 atom stereocenters. The fourth-order valence-electron chi connectivity index (χ4n) is 32.1. The molecule has 11 saturated carbocycles. The molecule has 5 heterocycles. The summed E-state index contributed by atoms with van der Waals surface area (Å²) in [6.07, 6.45) is -40.5. The summed E-state index contributed by atoms with van der Waals surface area (Å²) < 4.78 is 80.3. The van der Waals surface area contributed by atoms with E-state index < -0.39 is 334 Å². The Morgan fingerprint density at radius 3 is 1.05 bits per heavy atom. The Kier molecular flexibility index (Phi) is 39.4. The lowest BCUT2D eigenvalue weighted by Crippen LogP contribution is -2.65. The normalized spacial score (nSPS) is 51.4. The molecule has 44 heteroatoms. The summed E-state index contributed by atoms with van der Waals surface area (Å²) >= 11 is 0. The highest BCUT2D eigenvalue weighted by Gasteiger charge is 2.66. The monoisotopic (exact) mass is 2140 g/mol. The van der Waals surface area contributed by atoms with Crippen LogP contribution in [0.5, 0.6) is 0 Å². The van der Waals surface area contributed by atoms with Crippen molar-refractivity contribution >= 4 is 11.8 Å². The predicted molar refractivity (Wildman–Crippen MR) is 516 cm³/mol. The van der Waals surface area contributed by atoms with Crippen molar-refractivity contribution in [2.75, 3.05) is 79.2 Å². The quantitative estimate of drug-likeness (QED) is 0.0257. The Morgan fingerprint density at radius 2 is 0.651 bits per heavy atom. The van der Waals surface area contributed by atoms with Gasteiger partial charge in [-0.25, -0.2) is 0 Å². The van der Waals surface area contributed by atoms with E-state index in [-0.39, 0.29) is 95.7 Å². The van der Waals surface area contributed by atoms with E-state index in [1.54, 1.807) is 0 Å². The van der Waals surface area contributed by atoms with Crippen LogP contribution in [0.1, 0.15) is 209 Å². The lowest BCUT2D eigenvalue weighted by molar-refractivity contribution is -0.364. The minimum atomic E-state index is -2.09. The highest BCUT2D eigenvalue weighted by atomic mass is 16.8. The molecule has 0 aromatic heterocycles. The Labute approximate surface area is 870 Å². The van der Waals surface area contributed by atoms with Gasteiger partial charge < -0.3 is 210 Å². The fourth-order valence-corrected chi connectivity index (χ4v) is 32.1. The van der Waals surface area contributed by atoms with Crippen LogP contribution in [0.25, 0.3) is 0 Å². The zero-order valence-corrected chi connectivity index (χ0v) is 87.0. The molecule has 29 N–H and O–H groups in total. The average molecular weight is 2140 g/mol. The molecule has 44 nitrogen and oxygen atoms in total. The first-order valence-corrected chi connectivity index (χ1v) is 55.6. The van der Waals surface area contributed by atoms with E-state index in [1.165, 1.54) is 0 Å². The summed E-state index contributed by atoms with van der Waals surface area (Å²) in [5.41, 5.74) is -1.92. The molecule has 36 unspecified atom stereocenters. The van der Waals surface area contributed by atoms with Crippen molar-refractivity contribution in [3.05, 3.63) is 0 Å². The molecule has 11 aliphatic carbocycles. The van der Waals surface area contributed by atoms with Gasteiger partial charge in [0.1, 0.15) is 146 Å².